The van der Waals surface area contributed by atoms with Gasteiger partial charge in [0.1, 0.15) is 0 Å². The van der Waals surface area contributed by atoms with Crippen LogP contribution in [-0.2, 0) is 30.6 Å². The van der Waals surface area contributed by atoms with E-state index < -0.39 is 0 Å². The highest BCUT2D eigenvalue weighted by molar-refractivity contribution is 7.11. The summed E-state index contributed by atoms with van der Waals surface area (Å²) in [7, 11) is 0. The van der Waals surface area contributed by atoms with Gasteiger partial charge < -0.3 is 5.32 Å². The smallest absolute Gasteiger partial charge is 0.224 e. The van der Waals surface area contributed by atoms with Gasteiger partial charge in [0.2, 0.25) is 5.91 Å². The Morgan fingerprint density at radius 1 is 1.52 bits per heavy atom. The standard InChI is InChI=1S/C15H20N4OS/c1-11(10-19-9-3-7-17-19)15(20)16-8-6-14-18-12-4-2-5-13(12)21-14/h3,7,9,11H,2,4-6,8,10H2,1H3,(H,16,20). The highest BCUT2D eigenvalue weighted by Crippen LogP contribution is 2.27. The molecule has 2 aromatic heterocycles. The van der Waals surface area contributed by atoms with Crippen molar-refractivity contribution < 1.29 is 4.79 Å². The van der Waals surface area contributed by atoms with Crippen molar-refractivity contribution in [3.8, 4) is 0 Å². The molecule has 0 fully saturated rings. The molecule has 3 rings (SSSR count). The number of aromatic nitrogens is 3. The largest absolute Gasteiger partial charge is 0.355 e. The van der Waals surface area contributed by atoms with Gasteiger partial charge in [0, 0.05) is 30.2 Å². The molecule has 0 aromatic carbocycles. The van der Waals surface area contributed by atoms with Crippen LogP contribution in [0.3, 0.4) is 0 Å². The zero-order chi connectivity index (χ0) is 14.7. The predicted octanol–water partition coefficient (Wildman–Crippen LogP) is 1.82. The molecule has 2 heterocycles. The molecule has 0 saturated heterocycles. The fourth-order valence-electron chi connectivity index (χ4n) is 2.59. The number of hydrogen-bond donors (Lipinski definition) is 1. The van der Waals surface area contributed by atoms with Crippen molar-refractivity contribution in [3.63, 3.8) is 0 Å². The Balaban J connectivity index is 1.42. The van der Waals surface area contributed by atoms with Crippen molar-refractivity contribution in [1.82, 2.24) is 20.1 Å². The molecule has 21 heavy (non-hydrogen) atoms. The third-order valence-corrected chi connectivity index (χ3v) is 4.96. The van der Waals surface area contributed by atoms with Crippen LogP contribution in [0.5, 0.6) is 0 Å². The van der Waals surface area contributed by atoms with Crippen molar-refractivity contribution in [3.05, 3.63) is 34.0 Å². The first-order chi connectivity index (χ1) is 10.2. The Hall–Kier alpha value is -1.69. The Bertz CT molecular complexity index is 584. The number of hydrogen-bond acceptors (Lipinski definition) is 4. The summed E-state index contributed by atoms with van der Waals surface area (Å²) < 4.78 is 1.79. The fraction of sp³-hybridized carbons (Fsp3) is 0.533. The summed E-state index contributed by atoms with van der Waals surface area (Å²) in [6, 6.07) is 1.87. The Labute approximate surface area is 128 Å². The number of nitrogens with zero attached hydrogens (tertiary/aromatic N) is 3. The summed E-state index contributed by atoms with van der Waals surface area (Å²) >= 11 is 1.81. The van der Waals surface area contributed by atoms with Gasteiger partial charge in [0.15, 0.2) is 0 Å². The van der Waals surface area contributed by atoms with Gasteiger partial charge in [-0.1, -0.05) is 6.92 Å². The number of nitrogens with one attached hydrogen (secondary N) is 1. The molecule has 1 aliphatic carbocycles. The molecule has 0 radical (unpaired) electrons. The van der Waals surface area contributed by atoms with Crippen molar-refractivity contribution in [1.29, 1.82) is 0 Å². The van der Waals surface area contributed by atoms with Crippen LogP contribution in [0, 0.1) is 5.92 Å². The van der Waals surface area contributed by atoms with Gasteiger partial charge in [-0.05, 0) is 25.3 Å². The Morgan fingerprint density at radius 3 is 3.19 bits per heavy atom. The first-order valence-electron chi connectivity index (χ1n) is 7.45. The molecule has 0 spiro atoms. The molecule has 0 aliphatic heterocycles. The maximum absolute atomic E-state index is 12.0. The quantitative estimate of drug-likeness (QED) is 0.885. The molecular weight excluding hydrogens is 284 g/mol. The van der Waals surface area contributed by atoms with E-state index in [1.165, 1.54) is 23.4 Å². The highest BCUT2D eigenvalue weighted by atomic mass is 32.1. The first-order valence-corrected chi connectivity index (χ1v) is 8.26. The van der Waals surface area contributed by atoms with Gasteiger partial charge in [0.05, 0.1) is 23.2 Å². The molecule has 1 aliphatic rings. The zero-order valence-electron chi connectivity index (χ0n) is 12.2. The molecule has 1 N–H and O–H groups in total. The van der Waals surface area contributed by atoms with E-state index in [0.717, 1.165) is 17.8 Å². The summed E-state index contributed by atoms with van der Waals surface area (Å²) in [5.74, 6) is 0.000739. The Morgan fingerprint density at radius 2 is 2.43 bits per heavy atom. The molecule has 2 aromatic rings. The van der Waals surface area contributed by atoms with Gasteiger partial charge in [-0.3, -0.25) is 9.48 Å². The van der Waals surface area contributed by atoms with Gasteiger partial charge >= 0.3 is 0 Å². The van der Waals surface area contributed by atoms with E-state index in [2.05, 4.69) is 15.4 Å². The van der Waals surface area contributed by atoms with Crippen LogP contribution in [0.25, 0.3) is 0 Å². The third-order valence-electron chi connectivity index (χ3n) is 3.75. The maximum Gasteiger partial charge on any atom is 0.224 e. The van der Waals surface area contributed by atoms with Crippen LogP contribution in [0.4, 0.5) is 0 Å². The summed E-state index contributed by atoms with van der Waals surface area (Å²) in [6.45, 7) is 3.20. The minimum Gasteiger partial charge on any atom is -0.355 e. The van der Waals surface area contributed by atoms with E-state index in [-0.39, 0.29) is 11.8 Å². The first kappa shape index (κ1) is 14.3. The topological polar surface area (TPSA) is 59.8 Å². The summed E-state index contributed by atoms with van der Waals surface area (Å²) in [5.41, 5.74) is 1.29. The lowest BCUT2D eigenvalue weighted by molar-refractivity contribution is -0.124. The van der Waals surface area contributed by atoms with Crippen LogP contribution < -0.4 is 5.32 Å². The lowest BCUT2D eigenvalue weighted by atomic mass is 10.1. The van der Waals surface area contributed by atoms with Crippen LogP contribution in [0.2, 0.25) is 0 Å². The number of aryl methyl sites for hydroxylation is 2. The van der Waals surface area contributed by atoms with E-state index in [9.17, 15) is 4.79 Å². The second-order valence-corrected chi connectivity index (χ2v) is 6.67. The minimum atomic E-state index is -0.0776. The van der Waals surface area contributed by atoms with Crippen molar-refractivity contribution in [2.45, 2.75) is 39.2 Å². The molecular formula is C15H20N4OS. The second kappa shape index (κ2) is 6.39. The van der Waals surface area contributed by atoms with E-state index in [0.29, 0.717) is 13.1 Å². The van der Waals surface area contributed by atoms with Crippen molar-refractivity contribution in [2.24, 2.45) is 5.92 Å². The number of amides is 1. The number of fused-ring (bicyclic) bond motifs is 1. The van der Waals surface area contributed by atoms with E-state index in [4.69, 9.17) is 0 Å². The summed E-state index contributed by atoms with van der Waals surface area (Å²) in [5, 5.41) is 8.27. The molecule has 1 atom stereocenters. The van der Waals surface area contributed by atoms with Gasteiger partial charge in [-0.2, -0.15) is 5.10 Å². The highest BCUT2D eigenvalue weighted by Gasteiger charge is 2.17. The molecule has 6 heteroatoms. The van der Waals surface area contributed by atoms with Gasteiger partial charge in [-0.25, -0.2) is 4.98 Å². The number of rotatable bonds is 6. The van der Waals surface area contributed by atoms with E-state index in [1.807, 2.05) is 30.5 Å². The average molecular weight is 304 g/mol. The van der Waals surface area contributed by atoms with Crippen molar-refractivity contribution >= 4 is 17.2 Å². The number of carbonyl (C=O) groups is 1. The molecule has 0 bridgehead atoms. The number of carbonyl (C=O) groups excluding carboxylic acids is 1. The van der Waals surface area contributed by atoms with Gasteiger partial charge in [0.25, 0.3) is 0 Å². The summed E-state index contributed by atoms with van der Waals surface area (Å²) in [6.07, 6.45) is 7.99. The zero-order valence-corrected chi connectivity index (χ0v) is 13.0. The monoisotopic (exact) mass is 304 g/mol. The van der Waals surface area contributed by atoms with E-state index >= 15 is 0 Å². The predicted molar refractivity (Wildman–Crippen MR) is 82.2 cm³/mol. The molecule has 1 amide bonds. The molecule has 1 unspecified atom stereocenters. The van der Waals surface area contributed by atoms with Crippen LogP contribution in [0.1, 0.15) is 28.9 Å². The second-order valence-electron chi connectivity index (χ2n) is 5.50. The molecule has 0 saturated carbocycles. The van der Waals surface area contributed by atoms with E-state index in [1.54, 1.807) is 10.9 Å². The lowest BCUT2D eigenvalue weighted by Gasteiger charge is -2.11. The Kier molecular flexibility index (Phi) is 4.34. The SMILES string of the molecule is CC(Cn1cccn1)C(=O)NCCc1nc2c(s1)CCC2. The maximum atomic E-state index is 12.0. The fourth-order valence-corrected chi connectivity index (χ4v) is 3.75. The molecule has 5 nitrogen and oxygen atoms in total. The van der Waals surface area contributed by atoms with Gasteiger partial charge in [-0.15, -0.1) is 11.3 Å². The van der Waals surface area contributed by atoms with Crippen LogP contribution in [0.15, 0.2) is 18.5 Å². The lowest BCUT2D eigenvalue weighted by Crippen LogP contribution is -2.33. The van der Waals surface area contributed by atoms with Crippen LogP contribution >= 0.6 is 11.3 Å². The summed E-state index contributed by atoms with van der Waals surface area (Å²) in [4.78, 5) is 18.1. The minimum absolute atomic E-state index is 0.0776. The van der Waals surface area contributed by atoms with Crippen LogP contribution in [-0.4, -0.2) is 27.2 Å². The van der Waals surface area contributed by atoms with Crippen molar-refractivity contribution in [2.75, 3.05) is 6.54 Å². The number of thiazole rings is 1. The third kappa shape index (κ3) is 3.50. The average Bonchev–Trinajstić information content (AvgIpc) is 3.14. The normalized spacial score (nSPS) is 14.9. The molecule has 112 valence electrons.